The van der Waals surface area contributed by atoms with Gasteiger partial charge in [-0.2, -0.15) is 0 Å². The summed E-state index contributed by atoms with van der Waals surface area (Å²) in [6.45, 7) is 9.22. The van der Waals surface area contributed by atoms with Crippen LogP contribution in [0.1, 0.15) is 13.3 Å². The molecule has 2 N–H and O–H groups in total. The van der Waals surface area contributed by atoms with Crippen LogP contribution in [-0.2, 0) is 0 Å². The highest BCUT2D eigenvalue weighted by Gasteiger charge is 2.31. The van der Waals surface area contributed by atoms with Crippen LogP contribution < -0.4 is 0 Å². The highest BCUT2D eigenvalue weighted by molar-refractivity contribution is 5.33. The summed E-state index contributed by atoms with van der Waals surface area (Å²) in [5.41, 5.74) is 1.44. The molecule has 0 spiro atoms. The molecule has 0 aromatic heterocycles. The van der Waals surface area contributed by atoms with Crippen LogP contribution in [0.25, 0.3) is 0 Å². The van der Waals surface area contributed by atoms with Gasteiger partial charge in [-0.3, -0.25) is 0 Å². The molecule has 1 aliphatic rings. The molecule has 0 bridgehead atoms. The first kappa shape index (κ1) is 8.50. The molecule has 1 rings (SSSR count). The normalized spacial score (nSPS) is 39.4. The lowest BCUT2D eigenvalue weighted by molar-refractivity contribution is 0.0285. The van der Waals surface area contributed by atoms with Crippen molar-refractivity contribution in [1.29, 1.82) is 0 Å². The average Bonchev–Trinajstić information content (AvgIpc) is 1.97. The molecule has 0 unspecified atom stereocenters. The molecule has 0 aromatic carbocycles. The molecule has 2 heteroatoms. The lowest BCUT2D eigenvalue weighted by Gasteiger charge is -2.32. The van der Waals surface area contributed by atoms with Gasteiger partial charge in [-0.1, -0.05) is 20.1 Å². The minimum absolute atomic E-state index is 0.118. The maximum atomic E-state index is 9.47. The Bertz CT molecular complexity index is 196. The van der Waals surface area contributed by atoms with Crippen LogP contribution in [0.2, 0.25) is 0 Å². The molecular formula is C9H14O2. The Kier molecular flexibility index (Phi) is 2.16. The number of rotatable bonds is 0. The number of aliphatic hydroxyl groups is 2. The van der Waals surface area contributed by atoms with Gasteiger partial charge in [-0.15, -0.1) is 0 Å². The van der Waals surface area contributed by atoms with Crippen molar-refractivity contribution < 1.29 is 10.2 Å². The second kappa shape index (κ2) is 2.80. The predicted octanol–water partition coefficient (Wildman–Crippen LogP) is 0.860. The third kappa shape index (κ3) is 1.37. The summed E-state index contributed by atoms with van der Waals surface area (Å²) in [7, 11) is 0. The fraction of sp³-hybridized carbons (Fsp3) is 0.556. The van der Waals surface area contributed by atoms with Crippen molar-refractivity contribution in [3.05, 3.63) is 24.3 Å². The van der Waals surface area contributed by atoms with Crippen LogP contribution in [0.3, 0.4) is 0 Å². The molecule has 1 aliphatic carbocycles. The minimum atomic E-state index is -0.619. The molecule has 11 heavy (non-hydrogen) atoms. The van der Waals surface area contributed by atoms with E-state index in [-0.39, 0.29) is 5.92 Å². The van der Waals surface area contributed by atoms with Gasteiger partial charge in [0, 0.05) is 5.92 Å². The summed E-state index contributed by atoms with van der Waals surface area (Å²) < 4.78 is 0. The lowest BCUT2D eigenvalue weighted by Crippen LogP contribution is -2.36. The molecule has 3 atom stereocenters. The Labute approximate surface area is 66.9 Å². The fourth-order valence-electron chi connectivity index (χ4n) is 1.31. The van der Waals surface area contributed by atoms with Crippen molar-refractivity contribution in [1.82, 2.24) is 0 Å². The van der Waals surface area contributed by atoms with Crippen LogP contribution in [0.5, 0.6) is 0 Å². The third-order valence-corrected chi connectivity index (χ3v) is 2.37. The Hall–Kier alpha value is -0.600. The molecule has 62 valence electrons. The van der Waals surface area contributed by atoms with Gasteiger partial charge < -0.3 is 10.2 Å². The standard InChI is InChI=1S/C9H14O2/c1-5-4-8(10)7(3)9(11)6(5)2/h7-11H,1-2,4H2,3H3/t7-,8+,9-/m1/s1. The molecule has 0 radical (unpaired) electrons. The Morgan fingerprint density at radius 2 is 1.91 bits per heavy atom. The molecule has 0 aliphatic heterocycles. The van der Waals surface area contributed by atoms with Crippen molar-refractivity contribution >= 4 is 0 Å². The monoisotopic (exact) mass is 154 g/mol. The van der Waals surface area contributed by atoms with E-state index in [0.717, 1.165) is 5.57 Å². The van der Waals surface area contributed by atoms with Gasteiger partial charge in [0.15, 0.2) is 0 Å². The molecule has 0 saturated heterocycles. The topological polar surface area (TPSA) is 40.5 Å². The number of aliphatic hydroxyl groups excluding tert-OH is 2. The van der Waals surface area contributed by atoms with Gasteiger partial charge in [0.1, 0.15) is 0 Å². The summed E-state index contributed by atoms with van der Waals surface area (Å²) in [6, 6.07) is 0. The summed E-state index contributed by atoms with van der Waals surface area (Å²) in [5.74, 6) is -0.118. The van der Waals surface area contributed by atoms with Crippen LogP contribution >= 0.6 is 0 Å². The average molecular weight is 154 g/mol. The van der Waals surface area contributed by atoms with E-state index < -0.39 is 12.2 Å². The van der Waals surface area contributed by atoms with Crippen molar-refractivity contribution in [2.75, 3.05) is 0 Å². The first-order valence-electron chi connectivity index (χ1n) is 3.77. The van der Waals surface area contributed by atoms with Gasteiger partial charge in [0.05, 0.1) is 12.2 Å². The van der Waals surface area contributed by atoms with Gasteiger partial charge in [-0.05, 0) is 17.6 Å². The smallest absolute Gasteiger partial charge is 0.0837 e. The summed E-state index contributed by atoms with van der Waals surface area (Å²) in [6.07, 6.45) is -0.550. The zero-order valence-corrected chi connectivity index (χ0v) is 6.75. The van der Waals surface area contributed by atoms with Crippen molar-refractivity contribution in [3.8, 4) is 0 Å². The van der Waals surface area contributed by atoms with E-state index in [1.165, 1.54) is 0 Å². The maximum absolute atomic E-state index is 9.47. The predicted molar refractivity (Wildman–Crippen MR) is 44.1 cm³/mol. The SMILES string of the molecule is C=C1C[C@H](O)[C@@H](C)[C@H](O)C1=C. The van der Waals surface area contributed by atoms with Gasteiger partial charge in [0.2, 0.25) is 0 Å². The molecule has 0 amide bonds. The van der Waals surface area contributed by atoms with E-state index in [4.69, 9.17) is 0 Å². The first-order valence-corrected chi connectivity index (χ1v) is 3.77. The number of hydrogen-bond donors (Lipinski definition) is 2. The molecule has 1 saturated carbocycles. The van der Waals surface area contributed by atoms with E-state index in [9.17, 15) is 10.2 Å². The highest BCUT2D eigenvalue weighted by Crippen LogP contribution is 2.30. The van der Waals surface area contributed by atoms with Crippen LogP contribution in [0, 0.1) is 5.92 Å². The van der Waals surface area contributed by atoms with Crippen LogP contribution in [0.15, 0.2) is 24.3 Å². The Morgan fingerprint density at radius 3 is 2.45 bits per heavy atom. The van der Waals surface area contributed by atoms with Crippen molar-refractivity contribution in [3.63, 3.8) is 0 Å². The van der Waals surface area contributed by atoms with E-state index >= 15 is 0 Å². The van der Waals surface area contributed by atoms with Crippen molar-refractivity contribution in [2.45, 2.75) is 25.6 Å². The summed E-state index contributed by atoms with van der Waals surface area (Å²) in [5, 5.41) is 18.8. The lowest BCUT2D eigenvalue weighted by atomic mass is 9.80. The van der Waals surface area contributed by atoms with Crippen LogP contribution in [0.4, 0.5) is 0 Å². The Morgan fingerprint density at radius 1 is 1.36 bits per heavy atom. The second-order valence-corrected chi connectivity index (χ2v) is 3.20. The molecule has 2 nitrogen and oxygen atoms in total. The Balaban J connectivity index is 2.78. The van der Waals surface area contributed by atoms with Gasteiger partial charge >= 0.3 is 0 Å². The minimum Gasteiger partial charge on any atom is -0.392 e. The molecule has 1 fully saturated rings. The summed E-state index contributed by atoms with van der Waals surface area (Å²) >= 11 is 0. The van der Waals surface area contributed by atoms with E-state index in [1.54, 1.807) is 0 Å². The highest BCUT2D eigenvalue weighted by atomic mass is 16.3. The van der Waals surface area contributed by atoms with E-state index in [2.05, 4.69) is 13.2 Å². The number of hydrogen-bond acceptors (Lipinski definition) is 2. The molecule has 0 aromatic rings. The zero-order chi connectivity index (χ0) is 8.59. The zero-order valence-electron chi connectivity index (χ0n) is 6.75. The summed E-state index contributed by atoms with van der Waals surface area (Å²) in [4.78, 5) is 0. The van der Waals surface area contributed by atoms with E-state index in [0.29, 0.717) is 12.0 Å². The third-order valence-electron chi connectivity index (χ3n) is 2.37. The van der Waals surface area contributed by atoms with Gasteiger partial charge in [0.25, 0.3) is 0 Å². The quantitative estimate of drug-likeness (QED) is 0.543. The van der Waals surface area contributed by atoms with E-state index in [1.807, 2.05) is 6.92 Å². The van der Waals surface area contributed by atoms with Gasteiger partial charge in [-0.25, -0.2) is 0 Å². The fourth-order valence-corrected chi connectivity index (χ4v) is 1.31. The first-order chi connectivity index (χ1) is 5.04. The maximum Gasteiger partial charge on any atom is 0.0837 e. The molecular weight excluding hydrogens is 140 g/mol. The largest absolute Gasteiger partial charge is 0.392 e. The van der Waals surface area contributed by atoms with Crippen molar-refractivity contribution in [2.24, 2.45) is 5.92 Å². The van der Waals surface area contributed by atoms with Crippen LogP contribution in [-0.4, -0.2) is 22.4 Å². The molecule has 0 heterocycles. The second-order valence-electron chi connectivity index (χ2n) is 3.20.